The van der Waals surface area contributed by atoms with Crippen molar-refractivity contribution in [2.24, 2.45) is 0 Å². The number of fused-ring (bicyclic) bond motifs is 2. The average molecular weight is 318 g/mol. The van der Waals surface area contributed by atoms with E-state index in [0.29, 0.717) is 0 Å². The fraction of sp³-hybridized carbons (Fsp3) is 0.150. The highest BCUT2D eigenvalue weighted by atomic mass is 14.7. The number of hydrogen-bond acceptors (Lipinski definition) is 3. The summed E-state index contributed by atoms with van der Waals surface area (Å²) < 4.78 is 0. The first-order valence-corrected chi connectivity index (χ1v) is 7.91. The maximum absolute atomic E-state index is 5.93. The maximum atomic E-state index is 5.93. The van der Waals surface area contributed by atoms with E-state index < -0.39 is 0 Å². The van der Waals surface area contributed by atoms with Gasteiger partial charge in [0.1, 0.15) is 0 Å². The first kappa shape index (κ1) is 15.9. The quantitative estimate of drug-likeness (QED) is 0.418. The molecule has 0 aliphatic heterocycles. The number of benzene rings is 2. The Hall–Kier alpha value is -3.01. The van der Waals surface area contributed by atoms with Crippen LogP contribution in [0.4, 0.5) is 11.4 Å². The summed E-state index contributed by atoms with van der Waals surface area (Å²) in [6.07, 6.45) is 0. The van der Waals surface area contributed by atoms with Gasteiger partial charge in [0, 0.05) is 39.1 Å². The zero-order valence-corrected chi connectivity index (χ0v) is 14.2. The number of nitrogens with two attached hydrogens (primary N) is 2. The Morgan fingerprint density at radius 2 is 1.67 bits per heavy atom. The fourth-order valence-corrected chi connectivity index (χ4v) is 2.73. The summed E-state index contributed by atoms with van der Waals surface area (Å²) in [5.74, 6) is 0. The van der Waals surface area contributed by atoms with E-state index in [1.165, 1.54) is 11.1 Å². The SMILES string of the molecule is Cc1cc2cc(N)ccc2[nH]1.Cc1ccc2c(N)c(C)ccc2n1. The maximum Gasteiger partial charge on any atom is 0.0726 e. The summed E-state index contributed by atoms with van der Waals surface area (Å²) in [4.78, 5) is 7.63. The van der Waals surface area contributed by atoms with Crippen LogP contribution in [-0.4, -0.2) is 9.97 Å². The summed E-state index contributed by atoms with van der Waals surface area (Å²) in [6.45, 7) is 6.03. The lowest BCUT2D eigenvalue weighted by atomic mass is 10.1. The number of nitrogens with zero attached hydrogens (tertiary/aromatic N) is 1. The smallest absolute Gasteiger partial charge is 0.0726 e. The van der Waals surface area contributed by atoms with E-state index in [-0.39, 0.29) is 0 Å². The molecule has 4 heteroatoms. The molecule has 122 valence electrons. The highest BCUT2D eigenvalue weighted by molar-refractivity contribution is 5.91. The van der Waals surface area contributed by atoms with Crippen molar-refractivity contribution in [3.63, 3.8) is 0 Å². The first-order chi connectivity index (χ1) is 11.4. The van der Waals surface area contributed by atoms with E-state index in [1.807, 2.05) is 63.2 Å². The van der Waals surface area contributed by atoms with Gasteiger partial charge in [0.05, 0.1) is 5.52 Å². The van der Waals surface area contributed by atoms with Crippen molar-refractivity contribution >= 4 is 33.2 Å². The second-order valence-corrected chi connectivity index (χ2v) is 6.11. The van der Waals surface area contributed by atoms with Crippen molar-refractivity contribution in [1.82, 2.24) is 9.97 Å². The van der Waals surface area contributed by atoms with Crippen LogP contribution in [0.25, 0.3) is 21.8 Å². The first-order valence-electron chi connectivity index (χ1n) is 7.91. The molecule has 0 radical (unpaired) electrons. The number of aryl methyl sites for hydroxylation is 3. The summed E-state index contributed by atoms with van der Waals surface area (Å²) in [7, 11) is 0. The lowest BCUT2D eigenvalue weighted by molar-refractivity contribution is 1.25. The van der Waals surface area contributed by atoms with Gasteiger partial charge in [0.15, 0.2) is 0 Å². The average Bonchev–Trinajstić information content (AvgIpc) is 2.91. The molecule has 2 aromatic carbocycles. The molecule has 0 atom stereocenters. The van der Waals surface area contributed by atoms with Crippen molar-refractivity contribution < 1.29 is 0 Å². The van der Waals surface area contributed by atoms with E-state index in [9.17, 15) is 0 Å². The van der Waals surface area contributed by atoms with Crippen LogP contribution < -0.4 is 11.5 Å². The topological polar surface area (TPSA) is 80.7 Å². The molecule has 0 aliphatic carbocycles. The molecule has 0 saturated carbocycles. The van der Waals surface area contributed by atoms with Gasteiger partial charge in [-0.1, -0.05) is 6.07 Å². The Balaban J connectivity index is 0.000000143. The minimum atomic E-state index is 0.816. The van der Waals surface area contributed by atoms with E-state index >= 15 is 0 Å². The van der Waals surface area contributed by atoms with Crippen molar-refractivity contribution in [2.45, 2.75) is 20.8 Å². The zero-order valence-electron chi connectivity index (χ0n) is 14.2. The van der Waals surface area contributed by atoms with Gasteiger partial charge >= 0.3 is 0 Å². The lowest BCUT2D eigenvalue weighted by Crippen LogP contribution is -1.92. The van der Waals surface area contributed by atoms with Gasteiger partial charge in [-0.3, -0.25) is 4.98 Å². The van der Waals surface area contributed by atoms with Gasteiger partial charge in [-0.05, 0) is 68.8 Å². The Labute approximate surface area is 141 Å². The molecule has 2 aromatic heterocycles. The van der Waals surface area contributed by atoms with E-state index in [0.717, 1.165) is 39.1 Å². The molecular formula is C20H22N4. The molecule has 24 heavy (non-hydrogen) atoms. The molecule has 0 amide bonds. The highest BCUT2D eigenvalue weighted by Gasteiger charge is 2.01. The number of anilines is 2. The molecule has 4 aromatic rings. The molecule has 0 saturated heterocycles. The zero-order chi connectivity index (χ0) is 17.3. The minimum Gasteiger partial charge on any atom is -0.399 e. The number of H-pyrrole nitrogens is 1. The Kier molecular flexibility index (Phi) is 4.13. The van der Waals surface area contributed by atoms with Crippen molar-refractivity contribution in [3.8, 4) is 0 Å². The molecule has 0 unspecified atom stereocenters. The van der Waals surface area contributed by atoms with E-state index in [2.05, 4.69) is 16.0 Å². The summed E-state index contributed by atoms with van der Waals surface area (Å²) >= 11 is 0. The number of aromatic amines is 1. The van der Waals surface area contributed by atoms with Crippen LogP contribution >= 0.6 is 0 Å². The van der Waals surface area contributed by atoms with Crippen LogP contribution in [0.2, 0.25) is 0 Å². The number of hydrogen-bond donors (Lipinski definition) is 3. The van der Waals surface area contributed by atoms with E-state index in [4.69, 9.17) is 11.5 Å². The third kappa shape index (κ3) is 3.18. The number of nitrogen functional groups attached to an aromatic ring is 2. The summed E-state index contributed by atoms with van der Waals surface area (Å²) in [5.41, 5.74) is 18.6. The van der Waals surface area contributed by atoms with Crippen molar-refractivity contribution in [3.05, 3.63) is 65.5 Å². The molecule has 0 spiro atoms. The molecule has 5 N–H and O–H groups in total. The molecule has 0 fully saturated rings. The number of aromatic nitrogens is 2. The number of pyridine rings is 1. The monoisotopic (exact) mass is 318 g/mol. The van der Waals surface area contributed by atoms with Crippen LogP contribution in [0.5, 0.6) is 0 Å². The van der Waals surface area contributed by atoms with Crippen LogP contribution in [0.15, 0.2) is 48.5 Å². The minimum absolute atomic E-state index is 0.816. The van der Waals surface area contributed by atoms with E-state index in [1.54, 1.807) is 0 Å². The number of nitrogens with one attached hydrogen (secondary N) is 1. The van der Waals surface area contributed by atoms with Crippen LogP contribution in [0.1, 0.15) is 17.0 Å². The van der Waals surface area contributed by atoms with Crippen LogP contribution in [0, 0.1) is 20.8 Å². The predicted molar refractivity (Wildman–Crippen MR) is 103 cm³/mol. The lowest BCUT2D eigenvalue weighted by Gasteiger charge is -2.04. The second kappa shape index (κ2) is 6.24. The predicted octanol–water partition coefficient (Wildman–Crippen LogP) is 4.49. The van der Waals surface area contributed by atoms with Gasteiger partial charge in [0.2, 0.25) is 0 Å². The standard InChI is InChI=1S/C11H12N2.C9H10N2/c1-7-3-6-10-9(11(7)12)5-4-8(2)13-10;1-6-4-7-5-8(10)2-3-9(7)11-6/h3-6H,12H2,1-2H3;2-5,11H,10H2,1H3. The fourth-order valence-electron chi connectivity index (χ4n) is 2.73. The Morgan fingerprint density at radius 3 is 2.46 bits per heavy atom. The number of rotatable bonds is 0. The largest absolute Gasteiger partial charge is 0.399 e. The molecule has 4 rings (SSSR count). The Bertz CT molecular complexity index is 1010. The molecule has 2 heterocycles. The molecule has 4 nitrogen and oxygen atoms in total. The molecule has 0 bridgehead atoms. The van der Waals surface area contributed by atoms with Crippen LogP contribution in [0.3, 0.4) is 0 Å². The van der Waals surface area contributed by atoms with Crippen molar-refractivity contribution in [2.75, 3.05) is 11.5 Å². The molecular weight excluding hydrogens is 296 g/mol. The van der Waals surface area contributed by atoms with Gasteiger partial charge in [-0.25, -0.2) is 0 Å². The van der Waals surface area contributed by atoms with Gasteiger partial charge in [0.25, 0.3) is 0 Å². The normalized spacial score (nSPS) is 10.6. The Morgan fingerprint density at radius 1 is 0.875 bits per heavy atom. The third-order valence-corrected chi connectivity index (χ3v) is 4.05. The second-order valence-electron chi connectivity index (χ2n) is 6.11. The van der Waals surface area contributed by atoms with Gasteiger partial charge in [-0.2, -0.15) is 0 Å². The highest BCUT2D eigenvalue weighted by Crippen LogP contribution is 2.22. The van der Waals surface area contributed by atoms with Gasteiger partial charge in [-0.15, -0.1) is 0 Å². The molecule has 0 aliphatic rings. The summed E-state index contributed by atoms with van der Waals surface area (Å²) in [6, 6.07) is 16.0. The van der Waals surface area contributed by atoms with Gasteiger partial charge < -0.3 is 16.5 Å². The van der Waals surface area contributed by atoms with Crippen molar-refractivity contribution in [1.29, 1.82) is 0 Å². The third-order valence-electron chi connectivity index (χ3n) is 4.05. The summed E-state index contributed by atoms with van der Waals surface area (Å²) in [5, 5.41) is 2.23. The van der Waals surface area contributed by atoms with Crippen LogP contribution in [-0.2, 0) is 0 Å².